The van der Waals surface area contributed by atoms with E-state index in [1.807, 2.05) is 13.0 Å². The number of nitriles is 1. The number of methoxy groups -OCH3 is 1. The molecule has 10 heteroatoms. The third kappa shape index (κ3) is 5.36. The zero-order valence-electron chi connectivity index (χ0n) is 22.6. The Balaban J connectivity index is 1.72. The lowest BCUT2D eigenvalue weighted by Gasteiger charge is -2.27. The molecule has 3 heterocycles. The normalized spacial score (nSPS) is 14.8. The molecule has 0 bridgehead atoms. The predicted octanol–water partition coefficient (Wildman–Crippen LogP) is 5.37. The Morgan fingerprint density at radius 2 is 2.02 bits per heavy atom. The molecule has 0 spiro atoms. The van der Waals surface area contributed by atoms with Crippen LogP contribution in [0.3, 0.4) is 0 Å². The predicted molar refractivity (Wildman–Crippen MR) is 156 cm³/mol. The van der Waals surface area contributed by atoms with Crippen LogP contribution >= 0.6 is 22.9 Å². The molecule has 4 aromatic rings. The van der Waals surface area contributed by atoms with Gasteiger partial charge in [-0.05, 0) is 55.8 Å². The smallest absolute Gasteiger partial charge is 0.338 e. The number of halogens is 1. The van der Waals surface area contributed by atoms with Crippen molar-refractivity contribution in [3.8, 4) is 23.1 Å². The van der Waals surface area contributed by atoms with Crippen LogP contribution in [0.15, 0.2) is 80.1 Å². The number of nitrogens with zero attached hydrogens (tertiary/aromatic N) is 3. The third-order valence-corrected chi connectivity index (χ3v) is 7.81. The Morgan fingerprint density at radius 3 is 2.76 bits per heavy atom. The number of carbonyl (C=O) groups excluding carboxylic acids is 1. The van der Waals surface area contributed by atoms with E-state index in [4.69, 9.17) is 30.5 Å². The number of ether oxygens (including phenoxy) is 2. The van der Waals surface area contributed by atoms with E-state index >= 15 is 0 Å². The molecule has 1 atom stereocenters. The van der Waals surface area contributed by atoms with Gasteiger partial charge in [-0.3, -0.25) is 9.36 Å². The van der Waals surface area contributed by atoms with E-state index in [0.29, 0.717) is 60.4 Å². The summed E-state index contributed by atoms with van der Waals surface area (Å²) in [7, 11) is 1.52. The lowest BCUT2D eigenvalue weighted by Crippen LogP contribution is -2.40. The number of allylic oxidation sites excluding steroid dienone is 1. The van der Waals surface area contributed by atoms with Crippen molar-refractivity contribution in [2.24, 2.45) is 4.99 Å². The monoisotopic (exact) mass is 587 g/mol. The molecule has 2 aromatic carbocycles. The molecule has 8 nitrogen and oxygen atoms in total. The zero-order valence-corrected chi connectivity index (χ0v) is 24.2. The minimum absolute atomic E-state index is 0.168. The van der Waals surface area contributed by atoms with Gasteiger partial charge in [0.15, 0.2) is 4.80 Å². The minimum atomic E-state index is -0.864. The summed E-state index contributed by atoms with van der Waals surface area (Å²) in [5.74, 6) is 0.874. The Hall–Kier alpha value is -4.39. The number of carbonyl (C=O) groups is 1. The molecule has 0 unspecified atom stereocenters. The Kier molecular flexibility index (Phi) is 8.24. The van der Waals surface area contributed by atoms with Crippen molar-refractivity contribution in [3.05, 3.63) is 107 Å². The maximum atomic E-state index is 14.0. The van der Waals surface area contributed by atoms with Crippen LogP contribution in [0.25, 0.3) is 17.4 Å². The van der Waals surface area contributed by atoms with Crippen LogP contribution in [0.1, 0.15) is 49.6 Å². The molecular weight excluding hydrogens is 562 g/mol. The maximum Gasteiger partial charge on any atom is 0.338 e. The van der Waals surface area contributed by atoms with E-state index in [1.165, 1.54) is 23.0 Å². The standard InChI is InChI=1S/C31H26ClN3O5S/c1-4-8-23-27(30(37)39-5-2)28(22-15-19(32)11-13-24(22)38-3)35-29(36)26(41-31(35)34-23)16-20-12-14-25(40-20)21-10-7-6-9-18(21)17-33/h6-7,9-16,28H,4-5,8H2,1-3H3/b26-16+/t28-/m1/s1. The van der Waals surface area contributed by atoms with Gasteiger partial charge in [-0.1, -0.05) is 48.4 Å². The van der Waals surface area contributed by atoms with Gasteiger partial charge in [-0.2, -0.15) is 5.26 Å². The van der Waals surface area contributed by atoms with Crippen molar-refractivity contribution in [1.82, 2.24) is 4.57 Å². The molecule has 0 radical (unpaired) electrons. The van der Waals surface area contributed by atoms with Gasteiger partial charge in [0.2, 0.25) is 0 Å². The minimum Gasteiger partial charge on any atom is -0.496 e. The Morgan fingerprint density at radius 1 is 1.22 bits per heavy atom. The first-order valence-corrected chi connectivity index (χ1v) is 14.2. The van der Waals surface area contributed by atoms with Crippen molar-refractivity contribution in [1.29, 1.82) is 5.26 Å². The third-order valence-electron chi connectivity index (χ3n) is 6.59. The van der Waals surface area contributed by atoms with Crippen molar-refractivity contribution >= 4 is 35.0 Å². The molecule has 0 saturated carbocycles. The molecule has 0 fully saturated rings. The zero-order chi connectivity index (χ0) is 29.1. The number of hydrogen-bond acceptors (Lipinski definition) is 8. The summed E-state index contributed by atoms with van der Waals surface area (Å²) in [4.78, 5) is 32.6. The Labute approximate surface area is 245 Å². The first-order valence-electron chi connectivity index (χ1n) is 13.0. The second-order valence-electron chi connectivity index (χ2n) is 9.16. The van der Waals surface area contributed by atoms with E-state index in [2.05, 4.69) is 6.07 Å². The summed E-state index contributed by atoms with van der Waals surface area (Å²) >= 11 is 7.60. The second kappa shape index (κ2) is 12.0. The van der Waals surface area contributed by atoms with E-state index < -0.39 is 12.0 Å². The van der Waals surface area contributed by atoms with Gasteiger partial charge < -0.3 is 13.9 Å². The van der Waals surface area contributed by atoms with Crippen LogP contribution in [0.2, 0.25) is 5.02 Å². The molecular formula is C31H26ClN3O5S. The van der Waals surface area contributed by atoms with Crippen LogP contribution in [0.5, 0.6) is 5.75 Å². The van der Waals surface area contributed by atoms with Crippen LogP contribution < -0.4 is 19.6 Å². The average Bonchev–Trinajstić information content (AvgIpc) is 3.56. The number of thiazole rings is 1. The summed E-state index contributed by atoms with van der Waals surface area (Å²) in [5, 5.41) is 9.90. The van der Waals surface area contributed by atoms with Crippen molar-refractivity contribution in [2.75, 3.05) is 13.7 Å². The van der Waals surface area contributed by atoms with Crippen LogP contribution in [-0.2, 0) is 9.53 Å². The quantitative estimate of drug-likeness (QED) is 0.256. The number of rotatable bonds is 8. The van der Waals surface area contributed by atoms with Crippen molar-refractivity contribution < 1.29 is 18.7 Å². The summed E-state index contributed by atoms with van der Waals surface area (Å²) in [6, 6.07) is 17.0. The molecule has 0 aliphatic carbocycles. The SMILES string of the molecule is CCCC1=C(C(=O)OCC)[C@@H](c2cc(Cl)ccc2OC)n2c(s/c(=C/c3ccc(-c4ccccc4C#N)o3)c2=O)=N1. The van der Waals surface area contributed by atoms with Crippen LogP contribution in [-0.4, -0.2) is 24.3 Å². The number of aromatic nitrogens is 1. The fourth-order valence-electron chi connectivity index (χ4n) is 4.83. The van der Waals surface area contributed by atoms with Gasteiger partial charge in [-0.15, -0.1) is 0 Å². The number of hydrogen-bond donors (Lipinski definition) is 0. The highest BCUT2D eigenvalue weighted by Crippen LogP contribution is 2.38. The largest absolute Gasteiger partial charge is 0.496 e. The molecule has 5 rings (SSSR count). The lowest BCUT2D eigenvalue weighted by atomic mass is 9.93. The first kappa shape index (κ1) is 28.1. The van der Waals surface area contributed by atoms with Crippen molar-refractivity contribution in [2.45, 2.75) is 32.7 Å². The van der Waals surface area contributed by atoms with E-state index in [-0.39, 0.29) is 17.7 Å². The van der Waals surface area contributed by atoms with Gasteiger partial charge in [0.05, 0.1) is 41.2 Å². The van der Waals surface area contributed by atoms with Crippen molar-refractivity contribution in [3.63, 3.8) is 0 Å². The highest BCUT2D eigenvalue weighted by molar-refractivity contribution is 7.07. The van der Waals surface area contributed by atoms with Crippen LogP contribution in [0, 0.1) is 11.3 Å². The second-order valence-corrected chi connectivity index (χ2v) is 10.6. The number of benzene rings is 2. The van der Waals surface area contributed by atoms with Gasteiger partial charge in [0, 0.05) is 22.2 Å². The molecule has 2 aromatic heterocycles. The molecule has 1 aliphatic rings. The molecule has 0 amide bonds. The van der Waals surface area contributed by atoms with E-state index in [0.717, 1.165) is 6.42 Å². The number of fused-ring (bicyclic) bond motifs is 1. The topological polar surface area (TPSA) is 107 Å². The summed E-state index contributed by atoms with van der Waals surface area (Å²) in [5.41, 5.74) is 2.17. The maximum absolute atomic E-state index is 14.0. The number of esters is 1. The van der Waals surface area contributed by atoms with Gasteiger partial charge in [0.1, 0.15) is 23.3 Å². The Bertz CT molecular complexity index is 1890. The molecule has 1 aliphatic heterocycles. The summed E-state index contributed by atoms with van der Waals surface area (Å²) in [6.45, 7) is 3.89. The fraction of sp³-hybridized carbons (Fsp3) is 0.226. The fourth-order valence-corrected chi connectivity index (χ4v) is 6.01. The molecule has 0 N–H and O–H groups in total. The first-order chi connectivity index (χ1) is 19.9. The van der Waals surface area contributed by atoms with E-state index in [9.17, 15) is 14.9 Å². The molecule has 0 saturated heterocycles. The highest BCUT2D eigenvalue weighted by Gasteiger charge is 2.36. The van der Waals surface area contributed by atoms with Crippen LogP contribution in [0.4, 0.5) is 0 Å². The van der Waals surface area contributed by atoms with Gasteiger partial charge in [0.25, 0.3) is 5.56 Å². The van der Waals surface area contributed by atoms with Gasteiger partial charge in [-0.25, -0.2) is 9.79 Å². The molecule has 208 valence electrons. The number of furan rings is 1. The summed E-state index contributed by atoms with van der Waals surface area (Å²) in [6.07, 6.45) is 2.88. The van der Waals surface area contributed by atoms with Gasteiger partial charge >= 0.3 is 5.97 Å². The highest BCUT2D eigenvalue weighted by atomic mass is 35.5. The van der Waals surface area contributed by atoms with E-state index in [1.54, 1.807) is 61.5 Å². The summed E-state index contributed by atoms with van der Waals surface area (Å²) < 4.78 is 19.0. The molecule has 41 heavy (non-hydrogen) atoms. The lowest BCUT2D eigenvalue weighted by molar-refractivity contribution is -0.139. The average molecular weight is 588 g/mol.